The van der Waals surface area contributed by atoms with Gasteiger partial charge in [0.15, 0.2) is 0 Å². The Morgan fingerprint density at radius 2 is 1.79 bits per heavy atom. The standard InChI is InChI=1S/C13H15N3O3/c1-2-14-9-10-15(13(14)17)8-7-11-3-5-12(6-4-11)16(18)19/h3-6,9-10H,2,7-8H2,1H3. The van der Waals surface area contributed by atoms with E-state index in [0.717, 1.165) is 5.56 Å². The lowest BCUT2D eigenvalue weighted by molar-refractivity contribution is -0.384. The van der Waals surface area contributed by atoms with Crippen LogP contribution in [-0.4, -0.2) is 14.1 Å². The Labute approximate surface area is 110 Å². The van der Waals surface area contributed by atoms with Crippen LogP contribution < -0.4 is 5.69 Å². The summed E-state index contributed by atoms with van der Waals surface area (Å²) in [6.07, 6.45) is 4.20. The van der Waals surface area contributed by atoms with Crippen molar-refractivity contribution in [2.45, 2.75) is 26.4 Å². The predicted molar refractivity (Wildman–Crippen MR) is 71.2 cm³/mol. The zero-order valence-electron chi connectivity index (χ0n) is 10.7. The Morgan fingerprint density at radius 1 is 1.16 bits per heavy atom. The quantitative estimate of drug-likeness (QED) is 0.609. The molecule has 0 bridgehead atoms. The van der Waals surface area contributed by atoms with Gasteiger partial charge in [0, 0.05) is 37.6 Å². The summed E-state index contributed by atoms with van der Waals surface area (Å²) in [5.74, 6) is 0. The fourth-order valence-corrected chi connectivity index (χ4v) is 1.90. The average Bonchev–Trinajstić information content (AvgIpc) is 2.77. The second kappa shape index (κ2) is 5.51. The Balaban J connectivity index is 2.04. The van der Waals surface area contributed by atoms with Crippen LogP contribution in [0.15, 0.2) is 41.5 Å². The van der Waals surface area contributed by atoms with Crippen LogP contribution in [0.5, 0.6) is 0 Å². The molecule has 6 nitrogen and oxygen atoms in total. The van der Waals surface area contributed by atoms with Crippen LogP contribution in [0.1, 0.15) is 12.5 Å². The number of rotatable bonds is 5. The number of nitro groups is 1. The van der Waals surface area contributed by atoms with Crippen LogP contribution in [-0.2, 0) is 19.5 Å². The van der Waals surface area contributed by atoms with Crippen molar-refractivity contribution in [1.82, 2.24) is 9.13 Å². The van der Waals surface area contributed by atoms with E-state index >= 15 is 0 Å². The first-order chi connectivity index (χ1) is 9.11. The van der Waals surface area contributed by atoms with Gasteiger partial charge in [0.1, 0.15) is 0 Å². The summed E-state index contributed by atoms with van der Waals surface area (Å²) < 4.78 is 3.28. The lowest BCUT2D eigenvalue weighted by Gasteiger charge is -2.02. The topological polar surface area (TPSA) is 70.1 Å². The van der Waals surface area contributed by atoms with Gasteiger partial charge in [-0.2, -0.15) is 0 Å². The van der Waals surface area contributed by atoms with Gasteiger partial charge in [0.2, 0.25) is 0 Å². The smallest absolute Gasteiger partial charge is 0.300 e. The number of benzene rings is 1. The summed E-state index contributed by atoms with van der Waals surface area (Å²) in [6, 6.07) is 6.41. The van der Waals surface area contributed by atoms with Gasteiger partial charge in [0.25, 0.3) is 5.69 Å². The molecule has 0 radical (unpaired) electrons. The van der Waals surface area contributed by atoms with Gasteiger partial charge in [0.05, 0.1) is 4.92 Å². The molecular weight excluding hydrogens is 246 g/mol. The SMILES string of the molecule is CCn1ccn(CCc2ccc([N+](=O)[O-])cc2)c1=O. The van der Waals surface area contributed by atoms with Crippen LogP contribution >= 0.6 is 0 Å². The lowest BCUT2D eigenvalue weighted by Crippen LogP contribution is -2.24. The highest BCUT2D eigenvalue weighted by Crippen LogP contribution is 2.12. The largest absolute Gasteiger partial charge is 0.328 e. The maximum atomic E-state index is 11.8. The molecule has 0 fully saturated rings. The molecule has 6 heteroatoms. The van der Waals surface area contributed by atoms with Crippen LogP contribution in [0.25, 0.3) is 0 Å². The molecule has 100 valence electrons. The second-order valence-electron chi connectivity index (χ2n) is 4.23. The molecular formula is C13H15N3O3. The summed E-state index contributed by atoms with van der Waals surface area (Å²) in [4.78, 5) is 21.9. The molecule has 0 saturated carbocycles. The zero-order valence-corrected chi connectivity index (χ0v) is 10.7. The molecule has 0 atom stereocenters. The highest BCUT2D eigenvalue weighted by molar-refractivity contribution is 5.32. The maximum absolute atomic E-state index is 11.8. The van der Waals surface area contributed by atoms with Gasteiger partial charge < -0.3 is 0 Å². The van der Waals surface area contributed by atoms with Crippen molar-refractivity contribution in [2.24, 2.45) is 0 Å². The van der Waals surface area contributed by atoms with Crippen LogP contribution in [0, 0.1) is 10.1 Å². The highest BCUT2D eigenvalue weighted by Gasteiger charge is 2.05. The van der Waals surface area contributed by atoms with E-state index in [-0.39, 0.29) is 11.4 Å². The number of nitro benzene ring substituents is 1. The van der Waals surface area contributed by atoms with Crippen molar-refractivity contribution in [3.05, 3.63) is 62.8 Å². The van der Waals surface area contributed by atoms with E-state index in [0.29, 0.717) is 19.5 Å². The third-order valence-corrected chi connectivity index (χ3v) is 3.05. The van der Waals surface area contributed by atoms with E-state index in [2.05, 4.69) is 0 Å². The second-order valence-corrected chi connectivity index (χ2v) is 4.23. The van der Waals surface area contributed by atoms with E-state index in [9.17, 15) is 14.9 Å². The summed E-state index contributed by atoms with van der Waals surface area (Å²) in [6.45, 7) is 3.15. The Bertz CT molecular complexity index is 625. The molecule has 2 rings (SSSR count). The fraction of sp³-hybridized carbons (Fsp3) is 0.308. The molecule has 2 aromatic rings. The van der Waals surface area contributed by atoms with E-state index in [1.165, 1.54) is 12.1 Å². The van der Waals surface area contributed by atoms with Crippen LogP contribution in [0.2, 0.25) is 0 Å². The Morgan fingerprint density at radius 3 is 2.32 bits per heavy atom. The summed E-state index contributed by atoms with van der Waals surface area (Å²) in [5, 5.41) is 10.5. The number of hydrogen-bond acceptors (Lipinski definition) is 3. The monoisotopic (exact) mass is 261 g/mol. The third kappa shape index (κ3) is 2.90. The first kappa shape index (κ1) is 13.1. The van der Waals surface area contributed by atoms with Gasteiger partial charge in [-0.25, -0.2) is 4.79 Å². The minimum Gasteiger partial charge on any atom is -0.300 e. The molecule has 0 unspecified atom stereocenters. The molecule has 0 aliphatic heterocycles. The van der Waals surface area contributed by atoms with Crippen molar-refractivity contribution >= 4 is 5.69 Å². The van der Waals surface area contributed by atoms with Crippen molar-refractivity contribution in [2.75, 3.05) is 0 Å². The fourth-order valence-electron chi connectivity index (χ4n) is 1.90. The van der Waals surface area contributed by atoms with Crippen LogP contribution in [0.4, 0.5) is 5.69 Å². The molecule has 0 spiro atoms. The molecule has 1 aromatic heterocycles. The average molecular weight is 261 g/mol. The number of aromatic nitrogens is 2. The van der Waals surface area contributed by atoms with E-state index in [1.807, 2.05) is 6.92 Å². The molecule has 1 heterocycles. The van der Waals surface area contributed by atoms with Gasteiger partial charge in [-0.3, -0.25) is 19.2 Å². The van der Waals surface area contributed by atoms with Crippen LogP contribution in [0.3, 0.4) is 0 Å². The highest BCUT2D eigenvalue weighted by atomic mass is 16.6. The third-order valence-electron chi connectivity index (χ3n) is 3.05. The zero-order chi connectivity index (χ0) is 13.8. The van der Waals surface area contributed by atoms with Crippen molar-refractivity contribution in [3.8, 4) is 0 Å². The summed E-state index contributed by atoms with van der Waals surface area (Å²) in [7, 11) is 0. The van der Waals surface area contributed by atoms with E-state index in [4.69, 9.17) is 0 Å². The molecule has 0 amide bonds. The summed E-state index contributed by atoms with van der Waals surface area (Å²) >= 11 is 0. The molecule has 0 N–H and O–H groups in total. The molecule has 0 saturated heterocycles. The van der Waals surface area contributed by atoms with Crippen molar-refractivity contribution in [1.29, 1.82) is 0 Å². The number of nitrogens with zero attached hydrogens (tertiary/aromatic N) is 3. The predicted octanol–water partition coefficient (Wildman–Crippen LogP) is 1.82. The summed E-state index contributed by atoms with van der Waals surface area (Å²) in [5.41, 5.74) is 1.03. The lowest BCUT2D eigenvalue weighted by atomic mass is 10.1. The Kier molecular flexibility index (Phi) is 3.79. The number of imidazole rings is 1. The first-order valence-corrected chi connectivity index (χ1v) is 6.10. The maximum Gasteiger partial charge on any atom is 0.328 e. The van der Waals surface area contributed by atoms with Gasteiger partial charge in [-0.1, -0.05) is 12.1 Å². The normalized spacial score (nSPS) is 10.6. The Hall–Kier alpha value is -2.37. The number of non-ortho nitro benzene ring substituents is 1. The molecule has 0 aliphatic carbocycles. The molecule has 19 heavy (non-hydrogen) atoms. The van der Waals surface area contributed by atoms with Gasteiger partial charge >= 0.3 is 5.69 Å². The van der Waals surface area contributed by atoms with Crippen molar-refractivity contribution < 1.29 is 4.92 Å². The van der Waals surface area contributed by atoms with Gasteiger partial charge in [-0.05, 0) is 18.9 Å². The van der Waals surface area contributed by atoms with Gasteiger partial charge in [-0.15, -0.1) is 0 Å². The first-order valence-electron chi connectivity index (χ1n) is 6.10. The number of hydrogen-bond donors (Lipinski definition) is 0. The minimum absolute atomic E-state index is 0.0237. The van der Waals surface area contributed by atoms with E-state index < -0.39 is 4.92 Å². The van der Waals surface area contributed by atoms with E-state index in [1.54, 1.807) is 33.7 Å². The molecule has 0 aliphatic rings. The molecule has 1 aromatic carbocycles. The number of aryl methyl sites for hydroxylation is 3. The minimum atomic E-state index is -0.421. The van der Waals surface area contributed by atoms with Crippen molar-refractivity contribution in [3.63, 3.8) is 0 Å².